The topological polar surface area (TPSA) is 156 Å². The fourth-order valence-electron chi connectivity index (χ4n) is 2.91. The molecule has 0 saturated carbocycles. The number of carbonyl (C=O) groups is 4. The fourth-order valence-corrected chi connectivity index (χ4v) is 6.67. The molecular formula is C17H25O12PS. The summed E-state index contributed by atoms with van der Waals surface area (Å²) in [5, 5.41) is 0. The second-order valence-electron chi connectivity index (χ2n) is 6.64. The number of hydrogen-bond donors (Lipinski definition) is 0. The molecule has 5 atom stereocenters. The van der Waals surface area contributed by atoms with Gasteiger partial charge in [-0.15, -0.1) is 0 Å². The molecule has 2 heterocycles. The Balaban J connectivity index is 2.40. The number of rotatable bonds is 7. The highest BCUT2D eigenvalue weighted by molar-refractivity contribution is 8.57. The van der Waals surface area contributed by atoms with E-state index in [0.29, 0.717) is 17.8 Å². The van der Waals surface area contributed by atoms with Gasteiger partial charge in [-0.05, 0) is 0 Å². The lowest BCUT2D eigenvalue weighted by Crippen LogP contribution is -2.61. The number of hydrogen-bond acceptors (Lipinski definition) is 13. The van der Waals surface area contributed by atoms with Crippen LogP contribution in [0.3, 0.4) is 0 Å². The number of ether oxygens (including phenoxy) is 5. The fraction of sp³-hybridized carbons (Fsp3) is 0.765. The maximum absolute atomic E-state index is 12.9. The zero-order valence-corrected chi connectivity index (χ0v) is 19.2. The van der Waals surface area contributed by atoms with Crippen molar-refractivity contribution in [1.29, 1.82) is 0 Å². The molecule has 0 N–H and O–H groups in total. The first-order valence-electron chi connectivity index (χ1n) is 9.39. The first-order chi connectivity index (χ1) is 14.5. The van der Waals surface area contributed by atoms with E-state index < -0.39 is 60.9 Å². The van der Waals surface area contributed by atoms with Crippen LogP contribution in [0.15, 0.2) is 0 Å². The van der Waals surface area contributed by atoms with Crippen molar-refractivity contribution in [3.8, 4) is 0 Å². The molecule has 0 aromatic heterocycles. The van der Waals surface area contributed by atoms with Gasteiger partial charge in [0.05, 0.1) is 13.2 Å². The highest BCUT2D eigenvalue weighted by Gasteiger charge is 2.56. The summed E-state index contributed by atoms with van der Waals surface area (Å²) in [6.45, 7) is 4.53. The smallest absolute Gasteiger partial charge is 0.303 e. The SMILES string of the molecule is CC(=O)OC[C@H]1O[C@@H](S[P+]2([O-])OCCCO2)[C@H](OC(C)=O)[C@@H](OC(C)=O)[C@H]1OC(C)=O. The van der Waals surface area contributed by atoms with Crippen LogP contribution in [0.25, 0.3) is 0 Å². The van der Waals surface area contributed by atoms with Gasteiger partial charge in [0, 0.05) is 34.1 Å². The van der Waals surface area contributed by atoms with Crippen molar-refractivity contribution < 1.29 is 56.8 Å². The molecule has 31 heavy (non-hydrogen) atoms. The van der Waals surface area contributed by atoms with E-state index in [4.69, 9.17) is 32.7 Å². The first kappa shape index (κ1) is 25.8. The Bertz CT molecular complexity index is 682. The Morgan fingerprint density at radius 2 is 1.39 bits per heavy atom. The normalized spacial score (nSPS) is 30.0. The molecule has 12 nitrogen and oxygen atoms in total. The predicted octanol–water partition coefficient (Wildman–Crippen LogP) is 0.278. The van der Waals surface area contributed by atoms with Gasteiger partial charge in [0.15, 0.2) is 23.7 Å². The Hall–Kier alpha value is -1.50. The van der Waals surface area contributed by atoms with Gasteiger partial charge >= 0.3 is 31.0 Å². The third kappa shape index (κ3) is 7.85. The Kier molecular flexibility index (Phi) is 9.46. The van der Waals surface area contributed by atoms with Gasteiger partial charge in [0.2, 0.25) is 0 Å². The van der Waals surface area contributed by atoms with Crippen LogP contribution in [0, 0.1) is 0 Å². The van der Waals surface area contributed by atoms with E-state index in [1.807, 2.05) is 0 Å². The monoisotopic (exact) mass is 484 g/mol. The van der Waals surface area contributed by atoms with Crippen LogP contribution >= 0.6 is 18.5 Å². The lowest BCUT2D eigenvalue weighted by molar-refractivity contribution is -0.238. The molecule has 0 unspecified atom stereocenters. The van der Waals surface area contributed by atoms with Gasteiger partial charge < -0.3 is 28.6 Å². The number of esters is 4. The summed E-state index contributed by atoms with van der Waals surface area (Å²) < 4.78 is 37.2. The summed E-state index contributed by atoms with van der Waals surface area (Å²) in [6, 6.07) is 0. The minimum atomic E-state index is -3.69. The van der Waals surface area contributed by atoms with Gasteiger partial charge in [0.1, 0.15) is 24.1 Å². The summed E-state index contributed by atoms with van der Waals surface area (Å²) in [4.78, 5) is 59.4. The van der Waals surface area contributed by atoms with Gasteiger partial charge in [-0.2, -0.15) is 9.05 Å². The molecular weight excluding hydrogens is 459 g/mol. The van der Waals surface area contributed by atoms with Crippen LogP contribution in [0.4, 0.5) is 0 Å². The van der Waals surface area contributed by atoms with Crippen molar-refractivity contribution in [2.45, 2.75) is 64.0 Å². The van der Waals surface area contributed by atoms with Crippen LogP contribution in [0.1, 0.15) is 34.1 Å². The van der Waals surface area contributed by atoms with E-state index in [0.717, 1.165) is 20.8 Å². The van der Waals surface area contributed by atoms with Crippen LogP contribution in [0.2, 0.25) is 0 Å². The Morgan fingerprint density at radius 3 is 1.90 bits per heavy atom. The molecule has 2 fully saturated rings. The quantitative estimate of drug-likeness (QED) is 0.276. The molecule has 2 saturated heterocycles. The van der Waals surface area contributed by atoms with E-state index in [-0.39, 0.29) is 19.8 Å². The molecule has 2 aliphatic heterocycles. The van der Waals surface area contributed by atoms with E-state index in [1.54, 1.807) is 0 Å². The maximum Gasteiger partial charge on any atom is 0.303 e. The zero-order valence-electron chi connectivity index (χ0n) is 17.5. The van der Waals surface area contributed by atoms with Crippen molar-refractivity contribution in [2.75, 3.05) is 19.8 Å². The van der Waals surface area contributed by atoms with Crippen LogP contribution in [-0.4, -0.2) is 73.5 Å². The first-order valence-corrected chi connectivity index (χ1v) is 12.4. The van der Waals surface area contributed by atoms with E-state index in [2.05, 4.69) is 0 Å². The molecule has 176 valence electrons. The summed E-state index contributed by atoms with van der Waals surface area (Å²) in [5.74, 6) is -2.88. The standard InChI is InChI=1S/C17H25O12PS/c1-9(18)23-8-13-14(26-10(2)19)15(27-11(3)20)16(28-12(4)21)17(29-13)31-30(22)24-6-5-7-25-30/h13-17H,5-8H2,1-4H3/t13-,14+,15+,16-,17+/m1/s1. The van der Waals surface area contributed by atoms with E-state index >= 15 is 0 Å². The molecule has 0 radical (unpaired) electrons. The minimum absolute atomic E-state index is 0.190. The molecule has 0 aromatic carbocycles. The second-order valence-corrected chi connectivity index (χ2v) is 10.7. The van der Waals surface area contributed by atoms with Crippen LogP contribution in [-0.2, 0) is 51.9 Å². The second kappa shape index (κ2) is 11.4. The predicted molar refractivity (Wildman–Crippen MR) is 103 cm³/mol. The van der Waals surface area contributed by atoms with Gasteiger partial charge in [0.25, 0.3) is 0 Å². The van der Waals surface area contributed by atoms with Crippen molar-refractivity contribution >= 4 is 42.4 Å². The van der Waals surface area contributed by atoms with E-state index in [9.17, 15) is 24.1 Å². The third-order valence-corrected chi connectivity index (χ3v) is 7.84. The maximum atomic E-state index is 12.9. The molecule has 0 bridgehead atoms. The van der Waals surface area contributed by atoms with Gasteiger partial charge in [-0.1, -0.05) is 0 Å². The highest BCUT2D eigenvalue weighted by Crippen LogP contribution is 2.68. The molecule has 2 rings (SSSR count). The molecule has 0 amide bonds. The summed E-state index contributed by atoms with van der Waals surface area (Å²) in [7, 11) is -3.69. The van der Waals surface area contributed by atoms with Crippen LogP contribution < -0.4 is 4.89 Å². The molecule has 0 aliphatic carbocycles. The third-order valence-electron chi connectivity index (χ3n) is 3.97. The summed E-state index contributed by atoms with van der Waals surface area (Å²) in [6.07, 6.45) is -4.53. The van der Waals surface area contributed by atoms with Crippen molar-refractivity contribution in [1.82, 2.24) is 0 Å². The number of carbonyl (C=O) groups excluding carboxylic acids is 4. The van der Waals surface area contributed by atoms with Gasteiger partial charge in [-0.3, -0.25) is 19.2 Å². The van der Waals surface area contributed by atoms with Crippen molar-refractivity contribution in [3.05, 3.63) is 0 Å². The van der Waals surface area contributed by atoms with Crippen LogP contribution in [0.5, 0.6) is 0 Å². The highest BCUT2D eigenvalue weighted by atomic mass is 32.7. The summed E-state index contributed by atoms with van der Waals surface area (Å²) >= 11 is 0.623. The van der Waals surface area contributed by atoms with Gasteiger partial charge in [-0.25, -0.2) is 0 Å². The molecule has 0 aromatic rings. The molecule has 14 heteroatoms. The van der Waals surface area contributed by atoms with E-state index in [1.165, 1.54) is 6.92 Å². The Labute approximate surface area is 183 Å². The lowest BCUT2D eigenvalue weighted by atomic mass is 9.99. The van der Waals surface area contributed by atoms with Crippen molar-refractivity contribution in [2.24, 2.45) is 0 Å². The average molecular weight is 484 g/mol. The average Bonchev–Trinajstić information content (AvgIpc) is 2.64. The minimum Gasteiger partial charge on any atom is -0.622 e. The molecule has 2 aliphatic rings. The van der Waals surface area contributed by atoms with Crippen molar-refractivity contribution in [3.63, 3.8) is 0 Å². The summed E-state index contributed by atoms with van der Waals surface area (Å²) in [5.41, 5.74) is -1.22. The Morgan fingerprint density at radius 1 is 0.871 bits per heavy atom. The largest absolute Gasteiger partial charge is 0.622 e. The molecule has 0 spiro atoms. The lowest BCUT2D eigenvalue weighted by Gasteiger charge is -2.44. The zero-order chi connectivity index (χ0) is 23.2.